The van der Waals surface area contributed by atoms with Gasteiger partial charge in [-0.1, -0.05) is 36.4 Å². The van der Waals surface area contributed by atoms with Crippen LogP contribution in [0.2, 0.25) is 0 Å². The number of amides is 1. The number of H-pyrrole nitrogens is 1. The minimum absolute atomic E-state index is 0.0162. The number of hydrogen-bond acceptors (Lipinski definition) is 4. The van der Waals surface area contributed by atoms with Crippen molar-refractivity contribution in [3.8, 4) is 11.3 Å². The molecule has 5 rings (SSSR count). The molecule has 1 aliphatic rings. The number of ketones is 1. The molecule has 1 unspecified atom stereocenters. The molecule has 4 aromatic rings. The lowest BCUT2D eigenvalue weighted by Crippen LogP contribution is -2.30. The Hall–Kier alpha value is -3.67. The van der Waals surface area contributed by atoms with E-state index in [4.69, 9.17) is 4.42 Å². The summed E-state index contributed by atoms with van der Waals surface area (Å²) in [5.41, 5.74) is 3.35. The second kappa shape index (κ2) is 7.30. The van der Waals surface area contributed by atoms with E-state index in [0.717, 1.165) is 35.3 Å². The smallest absolute Gasteiger partial charge is 0.290 e. The molecule has 0 aliphatic carbocycles. The normalized spacial score (nSPS) is 16.3. The number of furan rings is 1. The van der Waals surface area contributed by atoms with Gasteiger partial charge in [-0.2, -0.15) is 0 Å². The van der Waals surface area contributed by atoms with Crippen LogP contribution in [0.25, 0.3) is 22.4 Å². The number of rotatable bonds is 4. The predicted molar refractivity (Wildman–Crippen MR) is 113 cm³/mol. The molecule has 1 amide bonds. The van der Waals surface area contributed by atoms with Gasteiger partial charge in [-0.3, -0.25) is 9.59 Å². The highest BCUT2D eigenvalue weighted by Gasteiger charge is 2.34. The molecule has 30 heavy (non-hydrogen) atoms. The molecule has 1 N–H and O–H groups in total. The third kappa shape index (κ3) is 3.20. The number of para-hydroxylation sites is 2. The van der Waals surface area contributed by atoms with E-state index < -0.39 is 0 Å². The van der Waals surface area contributed by atoms with E-state index in [1.807, 2.05) is 41.3 Å². The van der Waals surface area contributed by atoms with E-state index in [1.54, 1.807) is 24.3 Å². The van der Waals surface area contributed by atoms with Gasteiger partial charge in [0.25, 0.3) is 5.91 Å². The number of imidazole rings is 1. The average molecular weight is 399 g/mol. The number of likely N-dealkylation sites (tertiary alicyclic amines) is 1. The summed E-state index contributed by atoms with van der Waals surface area (Å²) in [6.45, 7) is 2.21. The molecule has 0 saturated carbocycles. The molecule has 1 saturated heterocycles. The Morgan fingerprint density at radius 1 is 1.07 bits per heavy atom. The van der Waals surface area contributed by atoms with Gasteiger partial charge in [-0.25, -0.2) is 4.98 Å². The SMILES string of the molecule is CC(=O)c1ccc(-c2ccc(C(=O)N3CCCC3c3nc4ccccc4[nH]3)o2)cc1. The lowest BCUT2D eigenvalue weighted by atomic mass is 10.1. The summed E-state index contributed by atoms with van der Waals surface area (Å²) in [5, 5.41) is 0. The maximum Gasteiger partial charge on any atom is 0.290 e. The molecule has 1 fully saturated rings. The van der Waals surface area contributed by atoms with Gasteiger partial charge in [-0.05, 0) is 44.0 Å². The summed E-state index contributed by atoms with van der Waals surface area (Å²) in [7, 11) is 0. The summed E-state index contributed by atoms with van der Waals surface area (Å²) >= 11 is 0. The van der Waals surface area contributed by atoms with Gasteiger partial charge >= 0.3 is 0 Å². The third-order valence-corrected chi connectivity index (χ3v) is 5.63. The van der Waals surface area contributed by atoms with Crippen molar-refractivity contribution in [2.75, 3.05) is 6.54 Å². The number of aromatic nitrogens is 2. The monoisotopic (exact) mass is 399 g/mol. The summed E-state index contributed by atoms with van der Waals surface area (Å²) in [5.74, 6) is 1.61. The Balaban J connectivity index is 1.39. The predicted octanol–water partition coefficient (Wildman–Crippen LogP) is 5.00. The van der Waals surface area contributed by atoms with Crippen LogP contribution >= 0.6 is 0 Å². The van der Waals surface area contributed by atoms with Crippen LogP contribution in [-0.4, -0.2) is 33.1 Å². The fraction of sp³-hybridized carbons (Fsp3) is 0.208. The Labute approximate surface area is 173 Å². The molecule has 1 aliphatic heterocycles. The van der Waals surface area contributed by atoms with Gasteiger partial charge in [0.2, 0.25) is 0 Å². The van der Waals surface area contributed by atoms with Crippen molar-refractivity contribution < 1.29 is 14.0 Å². The van der Waals surface area contributed by atoms with Crippen LogP contribution < -0.4 is 0 Å². The number of nitrogens with one attached hydrogen (secondary N) is 1. The fourth-order valence-electron chi connectivity index (χ4n) is 4.04. The number of carbonyl (C=O) groups excluding carboxylic acids is 2. The number of Topliss-reactive ketones (excluding diaryl/α,β-unsaturated/α-hetero) is 1. The highest BCUT2D eigenvalue weighted by Crippen LogP contribution is 2.33. The summed E-state index contributed by atoms with van der Waals surface area (Å²) in [4.78, 5) is 34.5. The summed E-state index contributed by atoms with van der Waals surface area (Å²) in [6, 6.07) is 18.5. The molecule has 2 aromatic carbocycles. The van der Waals surface area contributed by atoms with E-state index in [0.29, 0.717) is 23.6 Å². The quantitative estimate of drug-likeness (QED) is 0.490. The second-order valence-corrected chi connectivity index (χ2v) is 7.59. The molecule has 0 radical (unpaired) electrons. The van der Waals surface area contributed by atoms with Crippen LogP contribution in [0.5, 0.6) is 0 Å². The van der Waals surface area contributed by atoms with E-state index in [-0.39, 0.29) is 17.7 Å². The zero-order valence-electron chi connectivity index (χ0n) is 16.6. The number of carbonyl (C=O) groups is 2. The van der Waals surface area contributed by atoms with Crippen molar-refractivity contribution in [3.05, 3.63) is 77.8 Å². The Morgan fingerprint density at radius 3 is 2.63 bits per heavy atom. The zero-order valence-corrected chi connectivity index (χ0v) is 16.6. The zero-order chi connectivity index (χ0) is 20.7. The molecular weight excluding hydrogens is 378 g/mol. The number of benzene rings is 2. The number of hydrogen-bond donors (Lipinski definition) is 1. The van der Waals surface area contributed by atoms with Crippen LogP contribution in [-0.2, 0) is 0 Å². The fourth-order valence-corrected chi connectivity index (χ4v) is 4.04. The van der Waals surface area contributed by atoms with Gasteiger partial charge in [0.15, 0.2) is 11.5 Å². The summed E-state index contributed by atoms with van der Waals surface area (Å²) < 4.78 is 5.88. The van der Waals surface area contributed by atoms with Crippen molar-refractivity contribution >= 4 is 22.7 Å². The maximum absolute atomic E-state index is 13.2. The Bertz CT molecular complexity index is 1200. The first-order chi connectivity index (χ1) is 14.6. The lowest BCUT2D eigenvalue weighted by molar-refractivity contribution is 0.0699. The van der Waals surface area contributed by atoms with Gasteiger partial charge in [0, 0.05) is 17.7 Å². The largest absolute Gasteiger partial charge is 0.451 e. The number of nitrogens with zero attached hydrogens (tertiary/aromatic N) is 2. The van der Waals surface area contributed by atoms with Crippen LogP contribution in [0.3, 0.4) is 0 Å². The lowest BCUT2D eigenvalue weighted by Gasteiger charge is -2.22. The topological polar surface area (TPSA) is 79.2 Å². The van der Waals surface area contributed by atoms with E-state index in [2.05, 4.69) is 9.97 Å². The first-order valence-corrected chi connectivity index (χ1v) is 10.1. The molecule has 0 bridgehead atoms. The highest BCUT2D eigenvalue weighted by atomic mass is 16.4. The van der Waals surface area contributed by atoms with Crippen LogP contribution in [0, 0.1) is 0 Å². The molecule has 6 nitrogen and oxygen atoms in total. The van der Waals surface area contributed by atoms with Crippen molar-refractivity contribution in [3.63, 3.8) is 0 Å². The van der Waals surface area contributed by atoms with Gasteiger partial charge < -0.3 is 14.3 Å². The van der Waals surface area contributed by atoms with Crippen molar-refractivity contribution in [1.29, 1.82) is 0 Å². The highest BCUT2D eigenvalue weighted by molar-refractivity contribution is 5.95. The molecule has 0 spiro atoms. The molecule has 2 aromatic heterocycles. The van der Waals surface area contributed by atoms with Gasteiger partial charge in [0.1, 0.15) is 11.6 Å². The van der Waals surface area contributed by atoms with Crippen LogP contribution in [0.15, 0.2) is 65.1 Å². The molecule has 3 heterocycles. The minimum Gasteiger partial charge on any atom is -0.451 e. The van der Waals surface area contributed by atoms with E-state index in [1.165, 1.54) is 6.92 Å². The maximum atomic E-state index is 13.2. The summed E-state index contributed by atoms with van der Waals surface area (Å²) in [6.07, 6.45) is 1.79. The third-order valence-electron chi connectivity index (χ3n) is 5.63. The van der Waals surface area contributed by atoms with E-state index >= 15 is 0 Å². The standard InChI is InChI=1S/C24H21N3O3/c1-15(28)16-8-10-17(11-9-16)21-12-13-22(30-21)24(29)27-14-4-7-20(27)23-25-18-5-2-3-6-19(18)26-23/h2-3,5-6,8-13,20H,4,7,14H2,1H3,(H,25,26). The van der Waals surface area contributed by atoms with Crippen molar-refractivity contribution in [2.45, 2.75) is 25.8 Å². The van der Waals surface area contributed by atoms with Crippen molar-refractivity contribution in [1.82, 2.24) is 14.9 Å². The van der Waals surface area contributed by atoms with Crippen LogP contribution in [0.4, 0.5) is 0 Å². The number of fused-ring (bicyclic) bond motifs is 1. The first kappa shape index (κ1) is 18.4. The van der Waals surface area contributed by atoms with E-state index in [9.17, 15) is 9.59 Å². The second-order valence-electron chi connectivity index (χ2n) is 7.59. The number of aromatic amines is 1. The molecule has 1 atom stereocenters. The molecule has 6 heteroatoms. The molecule has 150 valence electrons. The Kier molecular flexibility index (Phi) is 4.47. The van der Waals surface area contributed by atoms with Gasteiger partial charge in [0.05, 0.1) is 17.1 Å². The van der Waals surface area contributed by atoms with Crippen LogP contribution in [0.1, 0.15) is 52.5 Å². The first-order valence-electron chi connectivity index (χ1n) is 10.1. The van der Waals surface area contributed by atoms with Crippen molar-refractivity contribution in [2.24, 2.45) is 0 Å². The molecular formula is C24H21N3O3. The average Bonchev–Trinajstić information content (AvgIpc) is 3.52. The Morgan fingerprint density at radius 2 is 1.87 bits per heavy atom. The van der Waals surface area contributed by atoms with Gasteiger partial charge in [-0.15, -0.1) is 0 Å². The minimum atomic E-state index is -0.135.